The Balaban J connectivity index is 1.61. The molecule has 41 heavy (non-hydrogen) atoms. The van der Waals surface area contributed by atoms with Crippen LogP contribution < -0.4 is 5.32 Å². The molecule has 0 spiro atoms. The molecule has 0 heterocycles. The Morgan fingerprint density at radius 1 is 0.927 bits per heavy atom. The number of hydrogen-bond donors (Lipinski definition) is 2. The fourth-order valence-corrected chi connectivity index (χ4v) is 6.34. The molecule has 0 bridgehead atoms. The van der Waals surface area contributed by atoms with E-state index in [1.807, 2.05) is 49.6 Å². The van der Waals surface area contributed by atoms with Gasteiger partial charge in [0.05, 0.1) is 0 Å². The van der Waals surface area contributed by atoms with Crippen molar-refractivity contribution in [2.45, 2.75) is 71.0 Å². The number of benzene rings is 3. The third kappa shape index (κ3) is 9.20. The quantitative estimate of drug-likeness (QED) is 0.209. The van der Waals surface area contributed by atoms with Crippen molar-refractivity contribution in [3.05, 3.63) is 95.1 Å². The van der Waals surface area contributed by atoms with E-state index in [9.17, 15) is 14.7 Å². The van der Waals surface area contributed by atoms with Gasteiger partial charge >= 0.3 is 5.97 Å². The van der Waals surface area contributed by atoms with Crippen LogP contribution >= 0.6 is 11.8 Å². The Bertz CT molecular complexity index is 1270. The van der Waals surface area contributed by atoms with Crippen molar-refractivity contribution in [3.63, 3.8) is 0 Å². The largest absolute Gasteiger partial charge is 0.480 e. The first-order valence-electron chi connectivity index (χ1n) is 14.9. The maximum atomic E-state index is 13.5. The molecule has 5 nitrogen and oxygen atoms in total. The zero-order valence-electron chi connectivity index (χ0n) is 24.5. The molecular weight excluding hydrogens is 528 g/mol. The molecule has 1 aliphatic carbocycles. The Morgan fingerprint density at radius 3 is 2.34 bits per heavy atom. The number of hydrogen-bond acceptors (Lipinski definition) is 4. The van der Waals surface area contributed by atoms with E-state index in [1.54, 1.807) is 11.8 Å². The third-order valence-corrected chi connectivity index (χ3v) is 8.86. The molecule has 2 N–H and O–H groups in total. The molecule has 6 heteroatoms. The van der Waals surface area contributed by atoms with Gasteiger partial charge in [-0.1, -0.05) is 92.8 Å². The van der Waals surface area contributed by atoms with Crippen LogP contribution in [-0.2, 0) is 17.9 Å². The van der Waals surface area contributed by atoms with Crippen LogP contribution in [-0.4, -0.2) is 46.5 Å². The fraction of sp³-hybridized carbons (Fsp3) is 0.429. The van der Waals surface area contributed by atoms with Crippen molar-refractivity contribution in [1.29, 1.82) is 0 Å². The Labute approximate surface area is 249 Å². The number of carboxylic acids is 1. The second-order valence-electron chi connectivity index (χ2n) is 11.3. The van der Waals surface area contributed by atoms with Crippen LogP contribution in [0.4, 0.5) is 0 Å². The number of amides is 1. The van der Waals surface area contributed by atoms with Crippen LogP contribution in [0.2, 0.25) is 0 Å². The van der Waals surface area contributed by atoms with E-state index < -0.39 is 12.0 Å². The predicted octanol–water partition coefficient (Wildman–Crippen LogP) is 7.57. The minimum absolute atomic E-state index is 0.346. The van der Waals surface area contributed by atoms with E-state index in [4.69, 9.17) is 0 Å². The maximum absolute atomic E-state index is 13.5. The van der Waals surface area contributed by atoms with Gasteiger partial charge in [0.25, 0.3) is 5.91 Å². The molecule has 1 atom stereocenters. The van der Waals surface area contributed by atoms with Crippen molar-refractivity contribution in [1.82, 2.24) is 10.2 Å². The molecule has 0 unspecified atom stereocenters. The van der Waals surface area contributed by atoms with Crippen LogP contribution in [0.5, 0.6) is 0 Å². The van der Waals surface area contributed by atoms with E-state index in [0.717, 1.165) is 47.8 Å². The zero-order valence-corrected chi connectivity index (χ0v) is 25.3. The van der Waals surface area contributed by atoms with E-state index in [2.05, 4.69) is 46.6 Å². The Hall–Kier alpha value is -3.09. The molecule has 3 aromatic rings. The van der Waals surface area contributed by atoms with E-state index in [1.165, 1.54) is 44.1 Å². The lowest BCUT2D eigenvalue weighted by atomic mass is 9.87. The summed E-state index contributed by atoms with van der Waals surface area (Å²) in [7, 11) is 0. The molecule has 1 fully saturated rings. The molecule has 1 amide bonds. The third-order valence-electron chi connectivity index (χ3n) is 8.21. The van der Waals surface area contributed by atoms with E-state index in [-0.39, 0.29) is 5.91 Å². The highest BCUT2D eigenvalue weighted by Gasteiger charge is 2.23. The van der Waals surface area contributed by atoms with Gasteiger partial charge in [-0.2, -0.15) is 11.8 Å². The number of carbonyl (C=O) groups is 2. The maximum Gasteiger partial charge on any atom is 0.326 e. The van der Waals surface area contributed by atoms with Crippen LogP contribution in [0.3, 0.4) is 0 Å². The van der Waals surface area contributed by atoms with Crippen LogP contribution in [0, 0.1) is 12.8 Å². The van der Waals surface area contributed by atoms with Crippen molar-refractivity contribution < 1.29 is 14.7 Å². The summed E-state index contributed by atoms with van der Waals surface area (Å²) in [5, 5.41) is 12.5. The average molecular weight is 573 g/mol. The predicted molar refractivity (Wildman–Crippen MR) is 170 cm³/mol. The number of thioether (sulfide) groups is 1. The summed E-state index contributed by atoms with van der Waals surface area (Å²) >= 11 is 1.57. The van der Waals surface area contributed by atoms with Gasteiger partial charge in [-0.25, -0.2) is 4.79 Å². The van der Waals surface area contributed by atoms with Crippen molar-refractivity contribution in [2.24, 2.45) is 5.92 Å². The first-order chi connectivity index (χ1) is 19.9. The molecule has 0 aromatic heterocycles. The van der Waals surface area contributed by atoms with Gasteiger partial charge in [0.2, 0.25) is 0 Å². The van der Waals surface area contributed by atoms with Crippen molar-refractivity contribution >= 4 is 23.6 Å². The number of rotatable bonds is 14. The Morgan fingerprint density at radius 2 is 1.63 bits per heavy atom. The first kappa shape index (κ1) is 30.9. The summed E-state index contributed by atoms with van der Waals surface area (Å²) in [6.45, 7) is 4.75. The van der Waals surface area contributed by atoms with E-state index in [0.29, 0.717) is 17.7 Å². The lowest BCUT2D eigenvalue weighted by molar-refractivity contribution is -0.139. The molecular formula is C35H44N2O3S. The Kier molecular flexibility index (Phi) is 11.9. The second-order valence-corrected chi connectivity index (χ2v) is 12.3. The molecule has 1 saturated carbocycles. The van der Waals surface area contributed by atoms with Crippen LogP contribution in [0.25, 0.3) is 11.1 Å². The summed E-state index contributed by atoms with van der Waals surface area (Å²) in [5.41, 5.74) is 5.88. The van der Waals surface area contributed by atoms with Gasteiger partial charge < -0.3 is 10.4 Å². The van der Waals surface area contributed by atoms with Gasteiger partial charge in [0, 0.05) is 18.7 Å². The van der Waals surface area contributed by atoms with Crippen LogP contribution in [0.15, 0.2) is 72.8 Å². The zero-order chi connectivity index (χ0) is 29.0. The number of nitrogens with zero attached hydrogens (tertiary/aromatic N) is 1. The normalized spacial score (nSPS) is 14.6. The highest BCUT2D eigenvalue weighted by atomic mass is 32.2. The number of carbonyl (C=O) groups excluding carboxylic acids is 1. The van der Waals surface area contributed by atoms with Crippen molar-refractivity contribution in [3.8, 4) is 11.1 Å². The lowest BCUT2D eigenvalue weighted by Crippen LogP contribution is -2.41. The SMILES string of the molecule is CSCC[C@H](NC(=O)c1ccc(CN(CCC2CCCCC2)Cc2ccccc2)cc1-c1ccccc1C)C(=O)O. The number of carboxylic acid groups (broad SMARTS) is 1. The summed E-state index contributed by atoms with van der Waals surface area (Å²) in [4.78, 5) is 27.9. The molecule has 0 saturated heterocycles. The minimum atomic E-state index is -1.00. The van der Waals surface area contributed by atoms with Gasteiger partial charge in [-0.15, -0.1) is 0 Å². The topological polar surface area (TPSA) is 69.6 Å². The second kappa shape index (κ2) is 15.8. The van der Waals surface area contributed by atoms with Gasteiger partial charge in [0.1, 0.15) is 6.04 Å². The minimum Gasteiger partial charge on any atom is -0.480 e. The van der Waals surface area contributed by atoms with Gasteiger partial charge in [0.15, 0.2) is 0 Å². The van der Waals surface area contributed by atoms with Gasteiger partial charge in [-0.3, -0.25) is 9.69 Å². The molecule has 3 aromatic carbocycles. The fourth-order valence-electron chi connectivity index (χ4n) is 5.87. The monoisotopic (exact) mass is 572 g/mol. The summed E-state index contributed by atoms with van der Waals surface area (Å²) in [5.74, 6) is 0.125. The molecule has 218 valence electrons. The number of nitrogens with one attached hydrogen (secondary N) is 1. The number of aliphatic carboxylic acids is 1. The smallest absolute Gasteiger partial charge is 0.326 e. The molecule has 1 aliphatic rings. The highest BCUT2D eigenvalue weighted by molar-refractivity contribution is 7.98. The van der Waals surface area contributed by atoms with Gasteiger partial charge in [-0.05, 0) is 84.2 Å². The van der Waals surface area contributed by atoms with Crippen LogP contribution in [0.1, 0.15) is 72.0 Å². The summed E-state index contributed by atoms with van der Waals surface area (Å²) in [6, 6.07) is 23.8. The van der Waals surface area contributed by atoms with Crippen molar-refractivity contribution in [2.75, 3.05) is 18.6 Å². The standard InChI is InChI=1S/C35H44N2O3S/c1-26-11-9-10-16-30(26)32-23-29(17-18-31(32)34(38)36-33(35(39)40)20-22-41-2)25-37(24-28-14-7-4-8-15-28)21-19-27-12-5-3-6-13-27/h4,7-11,14-18,23,27,33H,3,5-6,12-13,19-22,24-25H2,1-2H3,(H,36,38)(H,39,40)/t33-/m0/s1. The van der Waals surface area contributed by atoms with E-state index >= 15 is 0 Å². The molecule has 0 aliphatic heterocycles. The molecule has 4 rings (SSSR count). The number of aryl methyl sites for hydroxylation is 1. The summed E-state index contributed by atoms with van der Waals surface area (Å²) in [6.07, 6.45) is 10.3. The lowest BCUT2D eigenvalue weighted by Gasteiger charge is -2.27. The highest BCUT2D eigenvalue weighted by Crippen LogP contribution is 2.30. The molecule has 0 radical (unpaired) electrons. The summed E-state index contributed by atoms with van der Waals surface area (Å²) < 4.78 is 0. The average Bonchev–Trinajstić information content (AvgIpc) is 2.99. The first-order valence-corrected chi connectivity index (χ1v) is 16.3.